The molecule has 0 spiro atoms. The first-order chi connectivity index (χ1) is 12.0. The van der Waals surface area contributed by atoms with Crippen molar-refractivity contribution < 1.29 is 9.53 Å². The Hall–Kier alpha value is -1.85. The van der Waals surface area contributed by atoms with Gasteiger partial charge in [-0.15, -0.1) is 0 Å². The van der Waals surface area contributed by atoms with Gasteiger partial charge in [-0.05, 0) is 45.2 Å². The van der Waals surface area contributed by atoms with E-state index in [4.69, 9.17) is 16.3 Å². The molecule has 0 radical (unpaired) electrons. The zero-order valence-electron chi connectivity index (χ0n) is 14.9. The van der Waals surface area contributed by atoms with Crippen molar-refractivity contribution in [3.63, 3.8) is 0 Å². The fourth-order valence-corrected chi connectivity index (χ4v) is 3.53. The Balaban J connectivity index is 1.77. The predicted molar refractivity (Wildman–Crippen MR) is 98.2 cm³/mol. The summed E-state index contributed by atoms with van der Waals surface area (Å²) in [6.45, 7) is 7.09. The quantitative estimate of drug-likeness (QED) is 0.886. The third-order valence-corrected chi connectivity index (χ3v) is 5.14. The van der Waals surface area contributed by atoms with E-state index in [9.17, 15) is 4.79 Å². The van der Waals surface area contributed by atoms with Gasteiger partial charge in [0, 0.05) is 17.3 Å². The van der Waals surface area contributed by atoms with Crippen LogP contribution in [0.15, 0.2) is 24.3 Å². The number of aromatic nitrogens is 2. The van der Waals surface area contributed by atoms with E-state index in [2.05, 4.69) is 10.4 Å². The molecule has 1 aromatic carbocycles. The van der Waals surface area contributed by atoms with E-state index in [1.807, 2.05) is 49.7 Å². The van der Waals surface area contributed by atoms with E-state index in [1.54, 1.807) is 0 Å². The summed E-state index contributed by atoms with van der Waals surface area (Å²) in [4.78, 5) is 12.7. The van der Waals surface area contributed by atoms with Crippen LogP contribution in [0.3, 0.4) is 0 Å². The second-order valence-electron chi connectivity index (χ2n) is 6.61. The van der Waals surface area contributed by atoms with Gasteiger partial charge in [0.25, 0.3) is 5.91 Å². The summed E-state index contributed by atoms with van der Waals surface area (Å²) in [7, 11) is 0. The molecule has 2 aromatic rings. The highest BCUT2D eigenvalue weighted by molar-refractivity contribution is 6.31. The number of benzene rings is 1. The number of halogens is 1. The number of nitrogens with one attached hydrogen (secondary N) is 1. The Kier molecular flexibility index (Phi) is 5.45. The molecule has 0 aliphatic carbocycles. The molecule has 25 heavy (non-hydrogen) atoms. The Bertz CT molecular complexity index is 766. The van der Waals surface area contributed by atoms with Gasteiger partial charge in [0.05, 0.1) is 29.9 Å². The van der Waals surface area contributed by atoms with Crippen molar-refractivity contribution in [2.75, 3.05) is 6.61 Å². The minimum absolute atomic E-state index is 0.0132. The molecule has 0 saturated carbocycles. The van der Waals surface area contributed by atoms with Crippen molar-refractivity contribution in [3.05, 3.63) is 51.8 Å². The molecule has 5 nitrogen and oxygen atoms in total. The number of carbonyl (C=O) groups excluding carboxylic acids is 1. The maximum Gasteiger partial charge on any atom is 0.255 e. The lowest BCUT2D eigenvalue weighted by Gasteiger charge is -2.20. The molecule has 134 valence electrons. The monoisotopic (exact) mass is 361 g/mol. The minimum atomic E-state index is -0.0941. The first-order valence-corrected chi connectivity index (χ1v) is 9.05. The Morgan fingerprint density at radius 1 is 1.44 bits per heavy atom. The van der Waals surface area contributed by atoms with Gasteiger partial charge >= 0.3 is 0 Å². The Morgan fingerprint density at radius 3 is 2.88 bits per heavy atom. The lowest BCUT2D eigenvalue weighted by atomic mass is 10.1. The van der Waals surface area contributed by atoms with Gasteiger partial charge in [0.1, 0.15) is 0 Å². The second kappa shape index (κ2) is 7.58. The van der Waals surface area contributed by atoms with Crippen molar-refractivity contribution in [1.29, 1.82) is 0 Å². The summed E-state index contributed by atoms with van der Waals surface area (Å²) in [6.07, 6.45) is 2.15. The molecule has 6 heteroatoms. The Labute approximate surface area is 153 Å². The fourth-order valence-electron chi connectivity index (χ4n) is 3.34. The van der Waals surface area contributed by atoms with Gasteiger partial charge in [-0.3, -0.25) is 9.48 Å². The van der Waals surface area contributed by atoms with Gasteiger partial charge in [-0.1, -0.05) is 29.8 Å². The van der Waals surface area contributed by atoms with Crippen LogP contribution in [0.4, 0.5) is 0 Å². The van der Waals surface area contributed by atoms with E-state index in [1.165, 1.54) is 0 Å². The lowest BCUT2D eigenvalue weighted by Crippen LogP contribution is -2.41. The normalized spacial score (nSPS) is 18.3. The van der Waals surface area contributed by atoms with E-state index in [0.717, 1.165) is 36.4 Å². The van der Waals surface area contributed by atoms with Crippen LogP contribution in [0.25, 0.3) is 0 Å². The summed E-state index contributed by atoms with van der Waals surface area (Å²) >= 11 is 6.24. The largest absolute Gasteiger partial charge is 0.376 e. The van der Waals surface area contributed by atoms with Crippen LogP contribution in [0.1, 0.15) is 47.1 Å². The summed E-state index contributed by atoms with van der Waals surface area (Å²) in [5.74, 6) is -0.0941. The van der Waals surface area contributed by atoms with Crippen LogP contribution in [-0.2, 0) is 11.3 Å². The fraction of sp³-hybridized carbons (Fsp3) is 0.474. The highest BCUT2D eigenvalue weighted by Gasteiger charge is 2.26. The average Bonchev–Trinajstić information content (AvgIpc) is 3.19. The summed E-state index contributed by atoms with van der Waals surface area (Å²) < 4.78 is 7.49. The molecule has 1 saturated heterocycles. The van der Waals surface area contributed by atoms with Crippen molar-refractivity contribution in [3.8, 4) is 0 Å². The minimum Gasteiger partial charge on any atom is -0.376 e. The lowest BCUT2D eigenvalue weighted by molar-refractivity contribution is 0.0711. The van der Waals surface area contributed by atoms with Crippen LogP contribution >= 0.6 is 11.6 Å². The molecular formula is C19H24ClN3O2. The second-order valence-corrected chi connectivity index (χ2v) is 7.02. The highest BCUT2D eigenvalue weighted by atomic mass is 35.5. The van der Waals surface area contributed by atoms with Gasteiger partial charge in [0.2, 0.25) is 0 Å². The average molecular weight is 362 g/mol. The number of hydrogen-bond donors (Lipinski definition) is 1. The SMILES string of the molecule is Cc1nn(Cc2ccccc2Cl)c(C)c1C(=O)NC(C)C1CCCO1. The number of aryl methyl sites for hydroxylation is 1. The van der Waals surface area contributed by atoms with Crippen molar-refractivity contribution in [2.24, 2.45) is 0 Å². The molecule has 1 aliphatic heterocycles. The van der Waals surface area contributed by atoms with Crippen molar-refractivity contribution in [1.82, 2.24) is 15.1 Å². The molecule has 1 amide bonds. The number of nitrogens with zero attached hydrogens (tertiary/aromatic N) is 2. The van der Waals surface area contributed by atoms with Crippen LogP contribution in [-0.4, -0.2) is 34.4 Å². The molecule has 2 heterocycles. The smallest absolute Gasteiger partial charge is 0.255 e. The topological polar surface area (TPSA) is 56.2 Å². The first-order valence-electron chi connectivity index (χ1n) is 8.67. The van der Waals surface area contributed by atoms with Crippen LogP contribution < -0.4 is 5.32 Å². The number of ether oxygens (including phenoxy) is 1. The summed E-state index contributed by atoms with van der Waals surface area (Å²) in [6, 6.07) is 7.67. The first kappa shape index (κ1) is 18.0. The van der Waals surface area contributed by atoms with E-state index >= 15 is 0 Å². The maximum atomic E-state index is 12.7. The Morgan fingerprint density at radius 2 is 2.20 bits per heavy atom. The van der Waals surface area contributed by atoms with E-state index in [-0.39, 0.29) is 18.1 Å². The number of hydrogen-bond acceptors (Lipinski definition) is 3. The van der Waals surface area contributed by atoms with Crippen molar-refractivity contribution in [2.45, 2.75) is 52.3 Å². The van der Waals surface area contributed by atoms with E-state index in [0.29, 0.717) is 17.1 Å². The van der Waals surface area contributed by atoms with Gasteiger partial charge < -0.3 is 10.1 Å². The molecule has 2 atom stereocenters. The van der Waals surface area contributed by atoms with Crippen LogP contribution in [0.5, 0.6) is 0 Å². The summed E-state index contributed by atoms with van der Waals surface area (Å²) in [5, 5.41) is 8.31. The zero-order valence-corrected chi connectivity index (χ0v) is 15.6. The van der Waals surface area contributed by atoms with Gasteiger partial charge in [0.15, 0.2) is 0 Å². The molecule has 1 fully saturated rings. The number of carbonyl (C=O) groups is 1. The number of rotatable bonds is 5. The standard InChI is InChI=1S/C19H24ClN3O2/c1-12(17-9-6-10-25-17)21-19(24)18-13(2)22-23(14(18)3)11-15-7-4-5-8-16(15)20/h4-5,7-8,12,17H,6,9-11H2,1-3H3,(H,21,24). The molecule has 1 aromatic heterocycles. The molecule has 1 N–H and O–H groups in total. The van der Waals surface area contributed by atoms with Gasteiger partial charge in [-0.2, -0.15) is 5.10 Å². The molecule has 3 rings (SSSR count). The van der Waals surface area contributed by atoms with Gasteiger partial charge in [-0.25, -0.2) is 0 Å². The third-order valence-electron chi connectivity index (χ3n) is 4.77. The van der Waals surface area contributed by atoms with Crippen molar-refractivity contribution >= 4 is 17.5 Å². The predicted octanol–water partition coefficient (Wildman–Crippen LogP) is 3.50. The molecular weight excluding hydrogens is 338 g/mol. The van der Waals surface area contributed by atoms with Crippen LogP contribution in [0, 0.1) is 13.8 Å². The number of amides is 1. The molecule has 1 aliphatic rings. The van der Waals surface area contributed by atoms with Crippen LogP contribution in [0.2, 0.25) is 5.02 Å². The molecule has 2 unspecified atom stereocenters. The maximum absolute atomic E-state index is 12.7. The zero-order chi connectivity index (χ0) is 18.0. The summed E-state index contributed by atoms with van der Waals surface area (Å²) in [5.41, 5.74) is 3.18. The molecule has 0 bridgehead atoms. The van der Waals surface area contributed by atoms with E-state index < -0.39 is 0 Å². The third kappa shape index (κ3) is 3.88. The highest BCUT2D eigenvalue weighted by Crippen LogP contribution is 2.20.